The molecule has 0 aromatic heterocycles. The Labute approximate surface area is 179 Å². The van der Waals surface area contributed by atoms with Crippen molar-refractivity contribution in [2.24, 2.45) is 0 Å². The molecule has 0 aliphatic carbocycles. The van der Waals surface area contributed by atoms with Gasteiger partial charge in [-0.05, 0) is 12.1 Å². The first-order chi connectivity index (χ1) is 13.8. The van der Waals surface area contributed by atoms with Gasteiger partial charge in [-0.3, -0.25) is 10.7 Å². The molecular weight excluding hydrogens is 497 g/mol. The van der Waals surface area contributed by atoms with Gasteiger partial charge in [0.25, 0.3) is 0 Å². The van der Waals surface area contributed by atoms with Crippen LogP contribution in [0.5, 0.6) is 0 Å². The van der Waals surface area contributed by atoms with Crippen molar-refractivity contribution in [3.8, 4) is 0 Å². The first-order valence-corrected chi connectivity index (χ1v) is 9.58. The molecule has 152 valence electrons. The minimum atomic E-state index is -1.07. The predicted octanol–water partition coefficient (Wildman–Crippen LogP) is 1.50. The van der Waals surface area contributed by atoms with Crippen molar-refractivity contribution in [2.75, 3.05) is 13.7 Å². The lowest BCUT2D eigenvalue weighted by Crippen LogP contribution is -2.63. The zero-order valence-corrected chi connectivity index (χ0v) is 17.3. The molecule has 0 saturated carbocycles. The first kappa shape index (κ1) is 19.9. The number of amides is 2. The fourth-order valence-electron chi connectivity index (χ4n) is 3.59. The van der Waals surface area contributed by atoms with Crippen LogP contribution in [0.3, 0.4) is 0 Å². The molecule has 0 bridgehead atoms. The smallest absolute Gasteiger partial charge is 0.428 e. The van der Waals surface area contributed by atoms with Crippen LogP contribution in [0, 0.1) is 5.41 Å². The van der Waals surface area contributed by atoms with Gasteiger partial charge >= 0.3 is 18.0 Å². The normalized spacial score (nSPS) is 33.7. The fraction of sp³-hybridized carbons (Fsp3) is 0.333. The summed E-state index contributed by atoms with van der Waals surface area (Å²) in [6, 6.07) is 5.65. The highest BCUT2D eigenvalue weighted by Crippen LogP contribution is 2.36. The van der Waals surface area contributed by atoms with Crippen molar-refractivity contribution in [1.29, 1.82) is 5.41 Å². The monoisotopic (exact) mass is 514 g/mol. The molecule has 1 fully saturated rings. The van der Waals surface area contributed by atoms with Crippen molar-refractivity contribution < 1.29 is 36.1 Å². The molecule has 0 spiro atoms. The third-order valence-corrected chi connectivity index (χ3v) is 5.48. The lowest BCUT2D eigenvalue weighted by Gasteiger charge is -2.36. The number of urea groups is 1. The van der Waals surface area contributed by atoms with E-state index < -0.39 is 47.0 Å². The number of hydrogen-bond donors (Lipinski definition) is 2. The van der Waals surface area contributed by atoms with Crippen molar-refractivity contribution in [3.05, 3.63) is 47.7 Å². The lowest BCUT2D eigenvalue weighted by atomic mass is 10.0. The molecule has 11 heteroatoms. The predicted molar refractivity (Wildman–Crippen MR) is 105 cm³/mol. The molecular formula is C18H17IN3O7+. The zero-order chi connectivity index (χ0) is 20.8. The third-order valence-electron chi connectivity index (χ3n) is 5.12. The first-order valence-electron chi connectivity index (χ1n) is 8.70. The molecule has 3 aliphatic rings. The van der Waals surface area contributed by atoms with Crippen molar-refractivity contribution in [3.63, 3.8) is 0 Å². The van der Waals surface area contributed by atoms with E-state index in [0.717, 1.165) is 0 Å². The van der Waals surface area contributed by atoms with Crippen LogP contribution in [-0.4, -0.2) is 66.5 Å². The Morgan fingerprint density at radius 2 is 1.76 bits per heavy atom. The molecule has 29 heavy (non-hydrogen) atoms. The minimum Gasteiger partial charge on any atom is -0.452 e. The molecule has 10 nitrogen and oxygen atoms in total. The van der Waals surface area contributed by atoms with Crippen LogP contribution in [0.25, 0.3) is 0 Å². The van der Waals surface area contributed by atoms with Crippen LogP contribution in [0.1, 0.15) is 20.7 Å². The number of benzene rings is 1. The van der Waals surface area contributed by atoms with Crippen LogP contribution in [0.2, 0.25) is 0 Å². The van der Waals surface area contributed by atoms with Crippen LogP contribution < -0.4 is 5.32 Å². The second-order valence-corrected chi connectivity index (χ2v) is 7.56. The summed E-state index contributed by atoms with van der Waals surface area (Å²) in [5.74, 6) is -1.46. The van der Waals surface area contributed by atoms with Crippen LogP contribution in [0.4, 0.5) is 4.79 Å². The van der Waals surface area contributed by atoms with Gasteiger partial charge in [0.1, 0.15) is 41.1 Å². The molecule has 3 heterocycles. The third kappa shape index (κ3) is 3.33. The second-order valence-electron chi connectivity index (χ2n) is 6.93. The van der Waals surface area contributed by atoms with E-state index in [1.54, 1.807) is 42.2 Å². The maximum Gasteiger partial charge on any atom is 0.428 e. The number of carbonyl (C=O) groups is 3. The Bertz CT molecular complexity index is 936. The summed E-state index contributed by atoms with van der Waals surface area (Å²) in [6.07, 6.45) is -0.933. The molecule has 1 unspecified atom stereocenters. The molecule has 2 N–H and O–H groups in total. The molecule has 1 saturated heterocycles. The molecule has 1 aromatic carbocycles. The number of hydrogen-bond acceptors (Lipinski definition) is 8. The Hall–Kier alpha value is -2.35. The number of nitrogens with one attached hydrogen (secondary N) is 2. The summed E-state index contributed by atoms with van der Waals surface area (Å²) in [5, 5.41) is 10.0. The number of esters is 2. The number of rotatable bonds is 3. The highest BCUT2D eigenvalue weighted by Gasteiger charge is 2.60. The molecule has 2 amide bonds. The number of nitrogens with zero attached hydrogens (tertiary/aromatic N) is 1. The highest BCUT2D eigenvalue weighted by atomic mass is 127. The molecule has 0 radical (unpaired) electrons. The summed E-state index contributed by atoms with van der Waals surface area (Å²) in [4.78, 5) is 38.2. The number of likely N-dealkylation sites (N-methyl/N-ethyl adjacent to an activating group) is 1. The van der Waals surface area contributed by atoms with Crippen molar-refractivity contribution in [2.45, 2.75) is 24.5 Å². The minimum absolute atomic E-state index is 0.0475. The summed E-state index contributed by atoms with van der Waals surface area (Å²) in [7, 11) is 1.55. The molecule has 1 aromatic rings. The molecule has 4 rings (SSSR count). The number of fused-ring (bicyclic) bond motifs is 2. The maximum absolute atomic E-state index is 12.8. The number of quaternary nitrogens is 1. The average Bonchev–Trinajstić information content (AvgIpc) is 3.02. The number of ether oxygens (including phenoxy) is 3. The number of amidine groups is 1. The summed E-state index contributed by atoms with van der Waals surface area (Å²) < 4.78 is 22.0. The van der Waals surface area contributed by atoms with E-state index >= 15 is 0 Å². The number of carbonyl (C=O) groups excluding carboxylic acids is 3. The Balaban J connectivity index is 1.76. The topological polar surface area (TPSA) is 124 Å². The summed E-state index contributed by atoms with van der Waals surface area (Å²) >= 11 is 1.68. The van der Waals surface area contributed by atoms with Crippen molar-refractivity contribution in [1.82, 2.24) is 5.32 Å². The Morgan fingerprint density at radius 1 is 1.14 bits per heavy atom. The summed E-state index contributed by atoms with van der Waals surface area (Å²) in [5.41, 5.74) is 0.171. The molecule has 3 aliphatic heterocycles. The van der Waals surface area contributed by atoms with Gasteiger partial charge in [0.05, 0.1) is 24.8 Å². The van der Waals surface area contributed by atoms with Gasteiger partial charge < -0.3 is 17.3 Å². The van der Waals surface area contributed by atoms with Gasteiger partial charge in [0, 0.05) is 6.08 Å². The van der Waals surface area contributed by atoms with Gasteiger partial charge in [0.15, 0.2) is 6.10 Å². The highest BCUT2D eigenvalue weighted by molar-refractivity contribution is 14.1. The van der Waals surface area contributed by atoms with E-state index in [-0.39, 0.29) is 23.6 Å². The Morgan fingerprint density at radius 3 is 2.34 bits per heavy atom. The van der Waals surface area contributed by atoms with E-state index in [4.69, 9.17) is 22.7 Å². The van der Waals surface area contributed by atoms with E-state index in [0.29, 0.717) is 0 Å². The van der Waals surface area contributed by atoms with Gasteiger partial charge in [0.2, 0.25) is 12.3 Å². The van der Waals surface area contributed by atoms with E-state index in [9.17, 15) is 14.4 Å². The Kier molecular flexibility index (Phi) is 5.14. The lowest BCUT2D eigenvalue weighted by molar-refractivity contribution is -0.836. The van der Waals surface area contributed by atoms with Gasteiger partial charge in [-0.2, -0.15) is 4.48 Å². The van der Waals surface area contributed by atoms with Crippen LogP contribution >= 0.6 is 23.0 Å². The zero-order valence-electron chi connectivity index (χ0n) is 15.2. The van der Waals surface area contributed by atoms with E-state index in [1.807, 2.05) is 0 Å². The van der Waals surface area contributed by atoms with E-state index in [1.165, 1.54) is 24.4 Å². The standard InChI is InChI=1S/C18H16IN3O7/c1-22(7-6-12(20)21-18(22)25)15-14-13(11(27-15)8-26-19)28-16(23)9-4-2-3-5-10(9)17(24)29-14/h2-7,11,13-15H,8H2,1H3,(H-,20,21,25)/p+1/t11-,13-,14-,15-,22?/m1/s1. The van der Waals surface area contributed by atoms with Crippen molar-refractivity contribution >= 4 is 46.8 Å². The molecule has 5 atom stereocenters. The second kappa shape index (κ2) is 7.48. The van der Waals surface area contributed by atoms with E-state index in [2.05, 4.69) is 5.32 Å². The van der Waals surface area contributed by atoms with Gasteiger partial charge in [-0.1, -0.05) is 12.1 Å². The van der Waals surface area contributed by atoms with Gasteiger partial charge in [-0.25, -0.2) is 14.4 Å². The summed E-state index contributed by atoms with van der Waals surface area (Å²) in [6.45, 7) is 0.0475. The average molecular weight is 514 g/mol. The van der Waals surface area contributed by atoms with Crippen LogP contribution in [0.15, 0.2) is 36.5 Å². The van der Waals surface area contributed by atoms with Gasteiger partial charge in [-0.15, -0.1) is 0 Å². The SMILES string of the molecule is C[N+]1([C@@H]2O[C@H](COI)[C@H]3OC(=O)c4ccccc4C(=O)O[C@H]32)C=CC(=N)NC1=O. The quantitative estimate of drug-likeness (QED) is 0.356. The maximum atomic E-state index is 12.8. The largest absolute Gasteiger partial charge is 0.452 e. The van der Waals surface area contributed by atoms with Crippen LogP contribution in [-0.2, 0) is 17.3 Å². The number of halogens is 1. The fourth-order valence-corrected chi connectivity index (χ4v) is 3.95.